The molecule has 0 atom stereocenters. The Labute approximate surface area is 79.3 Å². The van der Waals surface area contributed by atoms with Gasteiger partial charge in [0.1, 0.15) is 0 Å². The van der Waals surface area contributed by atoms with Crippen LogP contribution in [0.2, 0.25) is 0 Å². The second-order valence-corrected chi connectivity index (χ2v) is 3.04. The molecule has 0 bridgehead atoms. The van der Waals surface area contributed by atoms with Crippen LogP contribution in [0.3, 0.4) is 0 Å². The Morgan fingerprint density at radius 3 is 2.42 bits per heavy atom. The van der Waals surface area contributed by atoms with Crippen LogP contribution in [0.5, 0.6) is 0 Å². The quantitative estimate of drug-likeness (QED) is 0.648. The second-order valence-electron chi connectivity index (χ2n) is 2.07. The molecule has 0 radical (unpaired) electrons. The molecule has 0 aliphatic rings. The molecule has 2 heteroatoms. The first kappa shape index (κ1) is 11.5. The van der Waals surface area contributed by atoms with E-state index in [2.05, 4.69) is 19.1 Å². The minimum Gasteiger partial charge on any atom is -0.314 e. The lowest BCUT2D eigenvalue weighted by Gasteiger charge is -1.97. The van der Waals surface area contributed by atoms with E-state index in [1.165, 1.54) is 17.6 Å². The highest BCUT2D eigenvalue weighted by atomic mass is 32.2. The highest BCUT2D eigenvalue weighted by Gasteiger charge is 1.90. The fourth-order valence-corrected chi connectivity index (χ4v) is 1.32. The summed E-state index contributed by atoms with van der Waals surface area (Å²) >= 11 is 1.39. The van der Waals surface area contributed by atoms with Gasteiger partial charge >= 0.3 is 0 Å². The number of rotatable bonds is 2. The predicted octanol–water partition coefficient (Wildman–Crippen LogP) is 3.67. The molecule has 0 unspecified atom stereocenters. The Balaban J connectivity index is 0.000000561. The zero-order valence-electron chi connectivity index (χ0n) is 8.13. The monoisotopic (exact) mass is 184 g/mol. The number of hydrogen-bond acceptors (Lipinski definition) is 2. The summed E-state index contributed by atoms with van der Waals surface area (Å²) in [5.74, 6) is 0. The Kier molecular flexibility index (Phi) is 6.91. The van der Waals surface area contributed by atoms with Gasteiger partial charge in [0.15, 0.2) is 0 Å². The summed E-state index contributed by atoms with van der Waals surface area (Å²) in [4.78, 5) is 1.16. The van der Waals surface area contributed by atoms with Crippen LogP contribution in [0.15, 0.2) is 29.2 Å². The van der Waals surface area contributed by atoms with Gasteiger partial charge in [-0.25, -0.2) is 0 Å². The van der Waals surface area contributed by atoms with Gasteiger partial charge in [-0.05, 0) is 24.6 Å². The van der Waals surface area contributed by atoms with Crippen molar-refractivity contribution < 1.29 is 4.18 Å². The van der Waals surface area contributed by atoms with Gasteiger partial charge in [-0.3, -0.25) is 0 Å². The van der Waals surface area contributed by atoms with Crippen LogP contribution >= 0.6 is 12.0 Å². The highest BCUT2D eigenvalue weighted by Crippen LogP contribution is 2.18. The molecule has 12 heavy (non-hydrogen) atoms. The lowest BCUT2D eigenvalue weighted by molar-refractivity contribution is 0.490. The third kappa shape index (κ3) is 4.42. The molecule has 1 rings (SSSR count). The molecule has 0 aliphatic carbocycles. The molecule has 0 amide bonds. The minimum absolute atomic E-state index is 1.16. The zero-order chi connectivity index (χ0) is 9.40. The molecule has 1 aromatic rings. The molecule has 68 valence electrons. The van der Waals surface area contributed by atoms with Gasteiger partial charge in [0.25, 0.3) is 0 Å². The van der Waals surface area contributed by atoms with Gasteiger partial charge in [-0.1, -0.05) is 26.0 Å². The SMILES string of the molecule is CC.COSc1cccc(C)c1. The van der Waals surface area contributed by atoms with Crippen LogP contribution in [0.25, 0.3) is 0 Å². The third-order valence-corrected chi connectivity index (χ3v) is 1.78. The zero-order valence-corrected chi connectivity index (χ0v) is 8.94. The fourth-order valence-electron chi connectivity index (χ4n) is 0.763. The highest BCUT2D eigenvalue weighted by molar-refractivity contribution is 7.94. The van der Waals surface area contributed by atoms with Gasteiger partial charge in [0.05, 0.1) is 7.11 Å². The van der Waals surface area contributed by atoms with Crippen LogP contribution in [0, 0.1) is 6.92 Å². The largest absolute Gasteiger partial charge is 0.314 e. The van der Waals surface area contributed by atoms with Crippen molar-refractivity contribution in [2.75, 3.05) is 7.11 Å². The molecule has 1 aromatic carbocycles. The minimum atomic E-state index is 1.16. The number of aryl methyl sites for hydroxylation is 1. The Bertz CT molecular complexity index is 211. The summed E-state index contributed by atoms with van der Waals surface area (Å²) < 4.78 is 4.90. The van der Waals surface area contributed by atoms with Crippen molar-refractivity contribution >= 4 is 12.0 Å². The van der Waals surface area contributed by atoms with Crippen LogP contribution in [-0.2, 0) is 4.18 Å². The van der Waals surface area contributed by atoms with E-state index in [4.69, 9.17) is 4.18 Å². The molecular formula is C10H16OS. The van der Waals surface area contributed by atoms with E-state index in [-0.39, 0.29) is 0 Å². The summed E-state index contributed by atoms with van der Waals surface area (Å²) in [7, 11) is 1.67. The van der Waals surface area contributed by atoms with E-state index in [0.717, 1.165) is 4.90 Å². The first-order valence-electron chi connectivity index (χ1n) is 4.10. The maximum atomic E-state index is 4.90. The van der Waals surface area contributed by atoms with Gasteiger partial charge in [0, 0.05) is 16.9 Å². The average Bonchev–Trinajstić information content (AvgIpc) is 2.09. The van der Waals surface area contributed by atoms with Crippen LogP contribution < -0.4 is 0 Å². The van der Waals surface area contributed by atoms with E-state index in [1.54, 1.807) is 7.11 Å². The molecule has 0 saturated carbocycles. The van der Waals surface area contributed by atoms with Crippen LogP contribution in [0.4, 0.5) is 0 Å². The first-order valence-corrected chi connectivity index (χ1v) is 4.84. The maximum absolute atomic E-state index is 4.90. The van der Waals surface area contributed by atoms with E-state index in [1.807, 2.05) is 26.0 Å². The fraction of sp³-hybridized carbons (Fsp3) is 0.400. The molecule has 0 saturated heterocycles. The molecule has 0 aromatic heterocycles. The van der Waals surface area contributed by atoms with E-state index < -0.39 is 0 Å². The summed E-state index contributed by atoms with van der Waals surface area (Å²) in [6.45, 7) is 6.07. The van der Waals surface area contributed by atoms with Gasteiger partial charge in [0.2, 0.25) is 0 Å². The third-order valence-electron chi connectivity index (χ3n) is 1.17. The van der Waals surface area contributed by atoms with Crippen LogP contribution in [-0.4, -0.2) is 7.11 Å². The van der Waals surface area contributed by atoms with E-state index in [0.29, 0.717) is 0 Å². The lowest BCUT2D eigenvalue weighted by atomic mass is 10.2. The Morgan fingerprint density at radius 1 is 1.25 bits per heavy atom. The lowest BCUT2D eigenvalue weighted by Crippen LogP contribution is -1.74. The normalized spacial score (nSPS) is 8.67. The molecule has 0 spiro atoms. The Morgan fingerprint density at radius 2 is 1.92 bits per heavy atom. The standard InChI is InChI=1S/C8H10OS.C2H6/c1-7-4-3-5-8(6-7)10-9-2;1-2/h3-6H,1-2H3;1-2H3. The molecule has 0 aliphatic heterocycles. The average molecular weight is 184 g/mol. The van der Waals surface area contributed by atoms with Gasteiger partial charge < -0.3 is 4.18 Å². The molecule has 0 heterocycles. The topological polar surface area (TPSA) is 9.23 Å². The second kappa shape index (κ2) is 7.19. The maximum Gasteiger partial charge on any atom is 0.0508 e. The van der Waals surface area contributed by atoms with Crippen molar-refractivity contribution in [3.05, 3.63) is 29.8 Å². The van der Waals surface area contributed by atoms with Gasteiger partial charge in [-0.2, -0.15) is 0 Å². The summed E-state index contributed by atoms with van der Waals surface area (Å²) in [6.07, 6.45) is 0. The van der Waals surface area contributed by atoms with Gasteiger partial charge in [-0.15, -0.1) is 0 Å². The number of benzene rings is 1. The van der Waals surface area contributed by atoms with E-state index in [9.17, 15) is 0 Å². The molecular weight excluding hydrogens is 168 g/mol. The first-order chi connectivity index (χ1) is 5.83. The molecule has 1 nitrogen and oxygen atoms in total. The smallest absolute Gasteiger partial charge is 0.0508 e. The van der Waals surface area contributed by atoms with Crippen molar-refractivity contribution in [3.63, 3.8) is 0 Å². The van der Waals surface area contributed by atoms with Crippen molar-refractivity contribution in [3.8, 4) is 0 Å². The van der Waals surface area contributed by atoms with E-state index >= 15 is 0 Å². The Hall–Kier alpha value is -0.470. The summed E-state index contributed by atoms with van der Waals surface area (Å²) in [6, 6.07) is 8.21. The summed E-state index contributed by atoms with van der Waals surface area (Å²) in [5, 5.41) is 0. The van der Waals surface area contributed by atoms with Crippen LogP contribution in [0.1, 0.15) is 19.4 Å². The molecule has 0 N–H and O–H groups in total. The molecule has 0 fully saturated rings. The number of hydrogen-bond donors (Lipinski definition) is 0. The summed E-state index contributed by atoms with van der Waals surface area (Å²) in [5.41, 5.74) is 1.27. The van der Waals surface area contributed by atoms with Crippen molar-refractivity contribution in [2.24, 2.45) is 0 Å². The van der Waals surface area contributed by atoms with Crippen molar-refractivity contribution in [1.29, 1.82) is 0 Å². The van der Waals surface area contributed by atoms with Crippen molar-refractivity contribution in [1.82, 2.24) is 0 Å². The van der Waals surface area contributed by atoms with Crippen molar-refractivity contribution in [2.45, 2.75) is 25.7 Å². The predicted molar refractivity (Wildman–Crippen MR) is 55.4 cm³/mol.